The van der Waals surface area contributed by atoms with Gasteiger partial charge in [0, 0.05) is 37.4 Å². The minimum absolute atomic E-state index is 0.0862. The number of rotatable bonds is 5. The van der Waals surface area contributed by atoms with Crippen LogP contribution in [0, 0.1) is 5.41 Å². The Morgan fingerprint density at radius 3 is 2.65 bits per heavy atom. The summed E-state index contributed by atoms with van der Waals surface area (Å²) in [4.78, 5) is 2.39. The van der Waals surface area contributed by atoms with E-state index in [1.807, 2.05) is 17.9 Å². The van der Waals surface area contributed by atoms with E-state index in [0.29, 0.717) is 12.0 Å². The molecule has 4 nitrogen and oxygen atoms in total. The van der Waals surface area contributed by atoms with Gasteiger partial charge in [-0.25, -0.2) is 0 Å². The van der Waals surface area contributed by atoms with E-state index in [-0.39, 0.29) is 5.54 Å². The molecule has 1 aromatic rings. The second kappa shape index (κ2) is 4.10. The number of likely N-dealkylation sites (N-methyl/N-ethyl adjacent to an activating group) is 1. The molecule has 17 heavy (non-hydrogen) atoms. The van der Waals surface area contributed by atoms with E-state index in [0.717, 1.165) is 6.54 Å². The van der Waals surface area contributed by atoms with Crippen molar-refractivity contribution in [1.82, 2.24) is 14.7 Å². The van der Waals surface area contributed by atoms with Gasteiger partial charge in [-0.15, -0.1) is 0 Å². The van der Waals surface area contributed by atoms with Crippen molar-refractivity contribution in [2.45, 2.75) is 38.8 Å². The first-order valence-electron chi connectivity index (χ1n) is 6.30. The third-order valence-corrected chi connectivity index (χ3v) is 4.72. The van der Waals surface area contributed by atoms with Gasteiger partial charge in [0.2, 0.25) is 0 Å². The van der Waals surface area contributed by atoms with Gasteiger partial charge in [0.05, 0.1) is 6.20 Å². The molecule has 1 saturated carbocycles. The van der Waals surface area contributed by atoms with E-state index in [9.17, 15) is 0 Å². The fourth-order valence-electron chi connectivity index (χ4n) is 2.59. The first-order valence-corrected chi connectivity index (χ1v) is 6.30. The number of hydrogen-bond acceptors (Lipinski definition) is 3. The SMILES string of the molecule is CN(Cc1cnn(C)c1)C(C)(CN)C1(C)CC1. The van der Waals surface area contributed by atoms with Crippen molar-refractivity contribution in [1.29, 1.82) is 0 Å². The van der Waals surface area contributed by atoms with Crippen molar-refractivity contribution < 1.29 is 0 Å². The van der Waals surface area contributed by atoms with Crippen LogP contribution in [0.5, 0.6) is 0 Å². The summed E-state index contributed by atoms with van der Waals surface area (Å²) in [7, 11) is 4.12. The number of nitrogens with zero attached hydrogens (tertiary/aromatic N) is 3. The number of hydrogen-bond donors (Lipinski definition) is 1. The van der Waals surface area contributed by atoms with Gasteiger partial charge in [-0.05, 0) is 32.2 Å². The Labute approximate surface area is 104 Å². The molecule has 1 aliphatic carbocycles. The maximum absolute atomic E-state index is 6.03. The fourth-order valence-corrected chi connectivity index (χ4v) is 2.59. The number of aromatic nitrogens is 2. The lowest BCUT2D eigenvalue weighted by atomic mass is 9.82. The maximum atomic E-state index is 6.03. The van der Waals surface area contributed by atoms with E-state index < -0.39 is 0 Å². The first-order chi connectivity index (χ1) is 7.91. The van der Waals surface area contributed by atoms with Gasteiger partial charge in [0.15, 0.2) is 0 Å². The van der Waals surface area contributed by atoms with Gasteiger partial charge in [-0.2, -0.15) is 5.10 Å². The average Bonchev–Trinajstić information content (AvgIpc) is 2.92. The molecule has 0 aromatic carbocycles. The Hall–Kier alpha value is -0.870. The Bertz CT molecular complexity index is 394. The molecule has 1 heterocycles. The maximum Gasteiger partial charge on any atom is 0.0534 e. The molecule has 1 fully saturated rings. The van der Waals surface area contributed by atoms with Crippen LogP contribution in [0.3, 0.4) is 0 Å². The summed E-state index contributed by atoms with van der Waals surface area (Å²) in [6, 6.07) is 0. The molecule has 1 atom stereocenters. The van der Waals surface area contributed by atoms with Gasteiger partial charge < -0.3 is 5.73 Å². The second-order valence-corrected chi connectivity index (χ2v) is 5.92. The van der Waals surface area contributed by atoms with Gasteiger partial charge in [-0.1, -0.05) is 6.92 Å². The summed E-state index contributed by atoms with van der Waals surface area (Å²) in [6.45, 7) is 6.26. The van der Waals surface area contributed by atoms with E-state index in [1.54, 1.807) is 0 Å². The molecule has 0 radical (unpaired) electrons. The van der Waals surface area contributed by atoms with Gasteiger partial charge in [-0.3, -0.25) is 9.58 Å². The zero-order valence-electron chi connectivity index (χ0n) is 11.4. The van der Waals surface area contributed by atoms with Crippen molar-refractivity contribution in [3.8, 4) is 0 Å². The number of aryl methyl sites for hydroxylation is 1. The van der Waals surface area contributed by atoms with E-state index in [2.05, 4.69) is 37.1 Å². The van der Waals surface area contributed by atoms with Gasteiger partial charge in [0.1, 0.15) is 0 Å². The topological polar surface area (TPSA) is 47.1 Å². The average molecular weight is 236 g/mol. The van der Waals surface area contributed by atoms with Crippen LogP contribution in [-0.2, 0) is 13.6 Å². The lowest BCUT2D eigenvalue weighted by molar-refractivity contribution is 0.0659. The highest BCUT2D eigenvalue weighted by Gasteiger charge is 2.54. The molecule has 0 aliphatic heterocycles. The molecule has 0 saturated heterocycles. The molecule has 0 spiro atoms. The fraction of sp³-hybridized carbons (Fsp3) is 0.769. The van der Waals surface area contributed by atoms with Crippen LogP contribution in [0.2, 0.25) is 0 Å². The molecule has 2 N–H and O–H groups in total. The normalized spacial score (nSPS) is 21.5. The quantitative estimate of drug-likeness (QED) is 0.840. The van der Waals surface area contributed by atoms with Crippen LogP contribution in [0.25, 0.3) is 0 Å². The zero-order valence-corrected chi connectivity index (χ0v) is 11.4. The molecule has 1 unspecified atom stereocenters. The highest BCUT2D eigenvalue weighted by molar-refractivity contribution is 5.11. The summed E-state index contributed by atoms with van der Waals surface area (Å²) in [5, 5.41) is 4.21. The van der Waals surface area contributed by atoms with Crippen LogP contribution >= 0.6 is 0 Å². The van der Waals surface area contributed by atoms with Crippen molar-refractivity contribution in [2.75, 3.05) is 13.6 Å². The summed E-state index contributed by atoms with van der Waals surface area (Å²) in [6.07, 6.45) is 6.58. The Morgan fingerprint density at radius 1 is 1.59 bits per heavy atom. The molecule has 96 valence electrons. The summed E-state index contributed by atoms with van der Waals surface area (Å²) >= 11 is 0. The van der Waals surface area contributed by atoms with Crippen LogP contribution < -0.4 is 5.73 Å². The molecule has 1 aromatic heterocycles. The van der Waals surface area contributed by atoms with Crippen LogP contribution in [0.15, 0.2) is 12.4 Å². The number of nitrogens with two attached hydrogens (primary N) is 1. The molecule has 0 amide bonds. The minimum atomic E-state index is 0.0862. The lowest BCUT2D eigenvalue weighted by Gasteiger charge is -2.43. The third kappa shape index (κ3) is 2.11. The van der Waals surface area contributed by atoms with Crippen molar-refractivity contribution >= 4 is 0 Å². The molecule has 0 bridgehead atoms. The first kappa shape index (κ1) is 12.6. The van der Waals surface area contributed by atoms with Crippen molar-refractivity contribution in [3.05, 3.63) is 18.0 Å². The van der Waals surface area contributed by atoms with Crippen molar-refractivity contribution in [3.63, 3.8) is 0 Å². The Balaban J connectivity index is 2.10. The Morgan fingerprint density at radius 2 is 2.24 bits per heavy atom. The predicted molar refractivity (Wildman–Crippen MR) is 69.5 cm³/mol. The predicted octanol–water partition coefficient (Wildman–Crippen LogP) is 1.37. The summed E-state index contributed by atoms with van der Waals surface area (Å²) < 4.78 is 1.85. The standard InChI is InChI=1S/C13H24N4/c1-12(5-6-12)13(2,10-14)16(3)8-11-7-15-17(4)9-11/h7,9H,5-6,8,10,14H2,1-4H3. The van der Waals surface area contributed by atoms with Gasteiger partial charge >= 0.3 is 0 Å². The van der Waals surface area contributed by atoms with E-state index in [4.69, 9.17) is 5.73 Å². The molecule has 4 heteroatoms. The molecule has 1 aliphatic rings. The summed E-state index contributed by atoms with van der Waals surface area (Å²) in [5.41, 5.74) is 7.75. The summed E-state index contributed by atoms with van der Waals surface area (Å²) in [5.74, 6) is 0. The Kier molecular flexibility index (Phi) is 3.04. The van der Waals surface area contributed by atoms with Crippen LogP contribution in [-0.4, -0.2) is 33.8 Å². The van der Waals surface area contributed by atoms with Gasteiger partial charge in [0.25, 0.3) is 0 Å². The monoisotopic (exact) mass is 236 g/mol. The molecular formula is C13H24N4. The highest BCUT2D eigenvalue weighted by atomic mass is 15.3. The smallest absolute Gasteiger partial charge is 0.0534 e. The minimum Gasteiger partial charge on any atom is -0.329 e. The van der Waals surface area contributed by atoms with Crippen molar-refractivity contribution in [2.24, 2.45) is 18.2 Å². The lowest BCUT2D eigenvalue weighted by Crippen LogP contribution is -2.54. The van der Waals surface area contributed by atoms with E-state index >= 15 is 0 Å². The molecular weight excluding hydrogens is 212 g/mol. The zero-order chi connectivity index (χ0) is 12.7. The largest absolute Gasteiger partial charge is 0.329 e. The van der Waals surface area contributed by atoms with Crippen LogP contribution in [0.4, 0.5) is 0 Å². The molecule has 2 rings (SSSR count). The van der Waals surface area contributed by atoms with E-state index in [1.165, 1.54) is 18.4 Å². The highest BCUT2D eigenvalue weighted by Crippen LogP contribution is 2.55. The second-order valence-electron chi connectivity index (χ2n) is 5.92. The van der Waals surface area contributed by atoms with Crippen LogP contribution in [0.1, 0.15) is 32.3 Å². The third-order valence-electron chi connectivity index (χ3n) is 4.72.